The second kappa shape index (κ2) is 6.23. The van der Waals surface area contributed by atoms with Gasteiger partial charge in [0.2, 0.25) is 0 Å². The Balaban J connectivity index is 2.30. The molecule has 0 spiro atoms. The van der Waals surface area contributed by atoms with Crippen molar-refractivity contribution < 1.29 is 0 Å². The molecule has 0 saturated heterocycles. The maximum atomic E-state index is 4.52. The molecule has 2 nitrogen and oxygen atoms in total. The molecule has 1 aromatic rings. The molecule has 0 saturated carbocycles. The van der Waals surface area contributed by atoms with Crippen molar-refractivity contribution in [3.05, 3.63) is 15.6 Å². The van der Waals surface area contributed by atoms with Gasteiger partial charge in [-0.2, -0.15) is 0 Å². The minimum absolute atomic E-state index is 0.606. The van der Waals surface area contributed by atoms with Gasteiger partial charge in [0, 0.05) is 17.5 Å². The van der Waals surface area contributed by atoms with Gasteiger partial charge in [-0.3, -0.25) is 0 Å². The predicted octanol–water partition coefficient (Wildman–Crippen LogP) is 3.43. The number of hydrogen-bond acceptors (Lipinski definition) is 3. The highest BCUT2D eigenvalue weighted by molar-refractivity contribution is 7.11. The van der Waals surface area contributed by atoms with E-state index in [1.807, 2.05) is 0 Å². The average Bonchev–Trinajstić information content (AvgIpc) is 2.52. The van der Waals surface area contributed by atoms with Crippen molar-refractivity contribution in [3.8, 4) is 0 Å². The van der Waals surface area contributed by atoms with E-state index in [0.29, 0.717) is 6.04 Å². The molecule has 1 N–H and O–H groups in total. The van der Waals surface area contributed by atoms with Crippen molar-refractivity contribution >= 4 is 11.3 Å². The van der Waals surface area contributed by atoms with E-state index in [-0.39, 0.29) is 0 Å². The van der Waals surface area contributed by atoms with Crippen LogP contribution >= 0.6 is 11.3 Å². The first kappa shape index (κ1) is 12.7. The maximum Gasteiger partial charge on any atom is 0.107 e. The summed E-state index contributed by atoms with van der Waals surface area (Å²) in [4.78, 5) is 5.86. The van der Waals surface area contributed by atoms with Gasteiger partial charge in [-0.05, 0) is 27.2 Å². The maximum absolute atomic E-state index is 4.52. The van der Waals surface area contributed by atoms with Crippen molar-refractivity contribution in [1.29, 1.82) is 0 Å². The lowest BCUT2D eigenvalue weighted by molar-refractivity contribution is 0.494. The standard InChI is InChI=1S/C12H22N2S/c1-5-6-7-9(2)13-8-12-14-10(3)11(4)15-12/h9,13H,5-8H2,1-4H3. The Kier molecular flexibility index (Phi) is 5.26. The number of aromatic nitrogens is 1. The molecule has 0 aliphatic heterocycles. The molecule has 0 fully saturated rings. The lowest BCUT2D eigenvalue weighted by Crippen LogP contribution is -2.25. The average molecular weight is 226 g/mol. The molecule has 86 valence electrons. The SMILES string of the molecule is CCCCC(C)NCc1nc(C)c(C)s1. The van der Waals surface area contributed by atoms with Gasteiger partial charge in [0.05, 0.1) is 5.69 Å². The van der Waals surface area contributed by atoms with Gasteiger partial charge in [-0.1, -0.05) is 19.8 Å². The molecule has 1 aromatic heterocycles. The van der Waals surface area contributed by atoms with Crippen LogP contribution in [0.25, 0.3) is 0 Å². The summed E-state index contributed by atoms with van der Waals surface area (Å²) in [6.07, 6.45) is 3.85. The molecule has 0 radical (unpaired) electrons. The molecule has 1 rings (SSSR count). The van der Waals surface area contributed by atoms with Crippen LogP contribution in [-0.2, 0) is 6.54 Å². The van der Waals surface area contributed by atoms with Crippen molar-refractivity contribution in [3.63, 3.8) is 0 Å². The summed E-state index contributed by atoms with van der Waals surface area (Å²) in [5, 5.41) is 4.74. The van der Waals surface area contributed by atoms with Crippen LogP contribution in [0.2, 0.25) is 0 Å². The monoisotopic (exact) mass is 226 g/mol. The topological polar surface area (TPSA) is 24.9 Å². The Morgan fingerprint density at radius 1 is 1.40 bits per heavy atom. The quantitative estimate of drug-likeness (QED) is 0.804. The second-order valence-corrected chi connectivity index (χ2v) is 5.46. The Hall–Kier alpha value is -0.410. The van der Waals surface area contributed by atoms with Crippen LogP contribution in [0.3, 0.4) is 0 Å². The van der Waals surface area contributed by atoms with E-state index in [0.717, 1.165) is 6.54 Å². The zero-order valence-corrected chi connectivity index (χ0v) is 11.1. The number of nitrogens with zero attached hydrogens (tertiary/aromatic N) is 1. The Morgan fingerprint density at radius 3 is 2.67 bits per heavy atom. The van der Waals surface area contributed by atoms with E-state index in [1.54, 1.807) is 11.3 Å². The van der Waals surface area contributed by atoms with E-state index >= 15 is 0 Å². The third kappa shape index (κ3) is 4.31. The first-order valence-electron chi connectivity index (χ1n) is 5.79. The molecule has 0 bridgehead atoms. The summed E-state index contributed by atoms with van der Waals surface area (Å²) in [6, 6.07) is 0.606. The van der Waals surface area contributed by atoms with E-state index in [2.05, 4.69) is 38.0 Å². The van der Waals surface area contributed by atoms with Crippen LogP contribution in [0.5, 0.6) is 0 Å². The first-order chi connectivity index (χ1) is 7.13. The van der Waals surface area contributed by atoms with E-state index in [1.165, 1.54) is 34.8 Å². The van der Waals surface area contributed by atoms with E-state index in [9.17, 15) is 0 Å². The van der Waals surface area contributed by atoms with E-state index < -0.39 is 0 Å². The highest BCUT2D eigenvalue weighted by Crippen LogP contribution is 2.16. The lowest BCUT2D eigenvalue weighted by Gasteiger charge is -2.11. The van der Waals surface area contributed by atoms with Gasteiger partial charge in [0.15, 0.2) is 0 Å². The fourth-order valence-corrected chi connectivity index (χ4v) is 2.37. The molecule has 0 aromatic carbocycles. The third-order valence-corrected chi connectivity index (χ3v) is 3.74. The minimum Gasteiger partial charge on any atom is -0.308 e. The first-order valence-corrected chi connectivity index (χ1v) is 6.61. The molecular weight excluding hydrogens is 204 g/mol. The van der Waals surface area contributed by atoms with Gasteiger partial charge < -0.3 is 5.32 Å². The summed E-state index contributed by atoms with van der Waals surface area (Å²) in [7, 11) is 0. The predicted molar refractivity (Wildman–Crippen MR) is 67.4 cm³/mol. The van der Waals surface area contributed by atoms with Gasteiger partial charge >= 0.3 is 0 Å². The fraction of sp³-hybridized carbons (Fsp3) is 0.750. The summed E-state index contributed by atoms with van der Waals surface area (Å²) in [6.45, 7) is 9.63. The van der Waals surface area contributed by atoms with Crippen LogP contribution in [0.4, 0.5) is 0 Å². The third-order valence-electron chi connectivity index (χ3n) is 2.67. The summed E-state index contributed by atoms with van der Waals surface area (Å²) >= 11 is 1.81. The van der Waals surface area contributed by atoms with E-state index in [4.69, 9.17) is 0 Å². The van der Waals surface area contributed by atoms with Crippen molar-refractivity contribution in [2.75, 3.05) is 0 Å². The van der Waals surface area contributed by atoms with Crippen molar-refractivity contribution in [2.24, 2.45) is 0 Å². The highest BCUT2D eigenvalue weighted by Gasteiger charge is 2.05. The number of thiazole rings is 1. The van der Waals surface area contributed by atoms with Crippen molar-refractivity contribution in [1.82, 2.24) is 10.3 Å². The summed E-state index contributed by atoms with van der Waals surface area (Å²) in [5.74, 6) is 0. The van der Waals surface area contributed by atoms with Crippen LogP contribution < -0.4 is 5.32 Å². The smallest absolute Gasteiger partial charge is 0.107 e. The molecule has 0 aliphatic rings. The summed E-state index contributed by atoms with van der Waals surface area (Å²) in [5.41, 5.74) is 1.18. The molecule has 1 atom stereocenters. The molecule has 0 amide bonds. The molecular formula is C12H22N2S. The largest absolute Gasteiger partial charge is 0.308 e. The zero-order valence-electron chi connectivity index (χ0n) is 10.3. The van der Waals surface area contributed by atoms with Crippen LogP contribution in [0.1, 0.15) is 48.7 Å². The van der Waals surface area contributed by atoms with Crippen LogP contribution in [-0.4, -0.2) is 11.0 Å². The van der Waals surface area contributed by atoms with Gasteiger partial charge in [0.25, 0.3) is 0 Å². The lowest BCUT2D eigenvalue weighted by atomic mass is 10.1. The Morgan fingerprint density at radius 2 is 2.13 bits per heavy atom. The Bertz CT molecular complexity index is 274. The number of rotatable bonds is 6. The second-order valence-electron chi connectivity index (χ2n) is 4.17. The van der Waals surface area contributed by atoms with Crippen LogP contribution in [0, 0.1) is 13.8 Å². The molecule has 1 unspecified atom stereocenters. The number of hydrogen-bond donors (Lipinski definition) is 1. The summed E-state index contributed by atoms with van der Waals surface area (Å²) < 4.78 is 0. The van der Waals surface area contributed by atoms with Gasteiger partial charge in [0.1, 0.15) is 5.01 Å². The minimum atomic E-state index is 0.606. The van der Waals surface area contributed by atoms with Gasteiger partial charge in [-0.15, -0.1) is 11.3 Å². The Labute approximate surface area is 97.1 Å². The normalized spacial score (nSPS) is 13.1. The number of aryl methyl sites for hydroxylation is 2. The number of unbranched alkanes of at least 4 members (excludes halogenated alkanes) is 1. The molecule has 3 heteroatoms. The number of nitrogens with one attached hydrogen (secondary N) is 1. The van der Waals surface area contributed by atoms with Crippen LogP contribution in [0.15, 0.2) is 0 Å². The van der Waals surface area contributed by atoms with Gasteiger partial charge in [-0.25, -0.2) is 4.98 Å². The van der Waals surface area contributed by atoms with Crippen molar-refractivity contribution in [2.45, 2.75) is 59.5 Å². The highest BCUT2D eigenvalue weighted by atomic mass is 32.1. The molecule has 0 aliphatic carbocycles. The zero-order chi connectivity index (χ0) is 11.3. The molecule has 15 heavy (non-hydrogen) atoms. The fourth-order valence-electron chi connectivity index (χ4n) is 1.49. The molecule has 1 heterocycles.